The molecule has 2 fully saturated rings. The summed E-state index contributed by atoms with van der Waals surface area (Å²) in [6.07, 6.45) is 12.3. The lowest BCUT2D eigenvalue weighted by Crippen LogP contribution is -2.69. The third-order valence-electron chi connectivity index (χ3n) is 5.76. The molecule has 2 nitrogen and oxygen atoms in total. The van der Waals surface area contributed by atoms with E-state index in [4.69, 9.17) is 0 Å². The summed E-state index contributed by atoms with van der Waals surface area (Å²) in [5.41, 5.74) is 1.28. The quantitative estimate of drug-likeness (QED) is 0.480. The molecule has 0 aromatic rings. The second-order valence-electron chi connectivity index (χ2n) is 8.44. The van der Waals surface area contributed by atoms with Crippen molar-refractivity contribution in [2.75, 3.05) is 0 Å². The molecule has 126 valence electrons. The van der Waals surface area contributed by atoms with Crippen LogP contribution in [0.15, 0.2) is 11.6 Å². The molecule has 0 aromatic carbocycles. The standard InChI is InChI=1S/C20H35NO/c1-15(2)10-9-11-16(3)14-18-20(4,5)19(22)21(18)17-12-7-6-8-13-17/h10,16-18H,6-9,11-14H2,1-5H3/t16-,18?/m1/s1. The fraction of sp³-hybridized carbons (Fsp3) is 0.850. The molecular weight excluding hydrogens is 270 g/mol. The van der Waals surface area contributed by atoms with Crippen LogP contribution >= 0.6 is 0 Å². The van der Waals surface area contributed by atoms with Crippen molar-refractivity contribution in [2.45, 2.75) is 98.1 Å². The third kappa shape index (κ3) is 3.75. The molecule has 0 aromatic heterocycles. The van der Waals surface area contributed by atoms with Crippen LogP contribution in [0, 0.1) is 11.3 Å². The van der Waals surface area contributed by atoms with Crippen LogP contribution in [-0.4, -0.2) is 22.9 Å². The lowest BCUT2D eigenvalue weighted by molar-refractivity contribution is -0.176. The zero-order chi connectivity index (χ0) is 16.3. The molecule has 2 atom stereocenters. The molecule has 0 N–H and O–H groups in total. The van der Waals surface area contributed by atoms with Gasteiger partial charge in [-0.25, -0.2) is 0 Å². The van der Waals surface area contributed by atoms with Crippen molar-refractivity contribution in [3.8, 4) is 0 Å². The maximum absolute atomic E-state index is 12.6. The molecule has 1 amide bonds. The normalized spacial score (nSPS) is 26.5. The zero-order valence-electron chi connectivity index (χ0n) is 15.3. The molecule has 2 heteroatoms. The van der Waals surface area contributed by atoms with Crippen molar-refractivity contribution < 1.29 is 4.79 Å². The van der Waals surface area contributed by atoms with Gasteiger partial charge in [-0.05, 0) is 65.7 Å². The molecule has 1 heterocycles. The van der Waals surface area contributed by atoms with E-state index in [0.717, 1.165) is 0 Å². The summed E-state index contributed by atoms with van der Waals surface area (Å²) in [6.45, 7) is 11.0. The smallest absolute Gasteiger partial charge is 0.230 e. The highest BCUT2D eigenvalue weighted by molar-refractivity contribution is 5.89. The van der Waals surface area contributed by atoms with E-state index in [2.05, 4.69) is 45.6 Å². The van der Waals surface area contributed by atoms with Crippen LogP contribution in [0.3, 0.4) is 0 Å². The number of β-lactam (4-membered cyclic amide) rings is 1. The summed E-state index contributed by atoms with van der Waals surface area (Å²) in [7, 11) is 0. The Balaban J connectivity index is 1.93. The number of allylic oxidation sites excluding steroid dienone is 2. The second kappa shape index (κ2) is 7.19. The Kier molecular flexibility index (Phi) is 5.74. The average Bonchev–Trinajstić information content (AvgIpc) is 2.47. The highest BCUT2D eigenvalue weighted by Crippen LogP contribution is 2.45. The van der Waals surface area contributed by atoms with Crippen LogP contribution in [0.2, 0.25) is 0 Å². The molecule has 22 heavy (non-hydrogen) atoms. The number of carbonyl (C=O) groups excluding carboxylic acids is 1. The highest BCUT2D eigenvalue weighted by atomic mass is 16.2. The first-order valence-corrected chi connectivity index (χ1v) is 9.30. The van der Waals surface area contributed by atoms with Gasteiger partial charge in [0, 0.05) is 12.1 Å². The first-order valence-electron chi connectivity index (χ1n) is 9.30. The number of rotatable bonds is 6. The molecule has 2 rings (SSSR count). The van der Waals surface area contributed by atoms with E-state index >= 15 is 0 Å². The summed E-state index contributed by atoms with van der Waals surface area (Å²) in [5.74, 6) is 1.10. The maximum atomic E-state index is 12.6. The Labute approximate surface area is 137 Å². The van der Waals surface area contributed by atoms with Crippen molar-refractivity contribution in [3.63, 3.8) is 0 Å². The summed E-state index contributed by atoms with van der Waals surface area (Å²) in [5, 5.41) is 0. The number of hydrogen-bond acceptors (Lipinski definition) is 1. The van der Waals surface area contributed by atoms with Crippen molar-refractivity contribution in [1.29, 1.82) is 0 Å². The number of hydrogen-bond donors (Lipinski definition) is 0. The zero-order valence-corrected chi connectivity index (χ0v) is 15.3. The average molecular weight is 306 g/mol. The molecule has 1 aliphatic carbocycles. The topological polar surface area (TPSA) is 20.3 Å². The molecule has 0 radical (unpaired) electrons. The number of likely N-dealkylation sites (tertiary alicyclic amines) is 1. The Bertz CT molecular complexity index is 413. The number of nitrogens with zero attached hydrogens (tertiary/aromatic N) is 1. The van der Waals surface area contributed by atoms with E-state index in [1.165, 1.54) is 56.9 Å². The largest absolute Gasteiger partial charge is 0.335 e. The van der Waals surface area contributed by atoms with Gasteiger partial charge in [-0.15, -0.1) is 0 Å². The van der Waals surface area contributed by atoms with E-state index in [9.17, 15) is 4.79 Å². The van der Waals surface area contributed by atoms with Crippen molar-refractivity contribution in [2.24, 2.45) is 11.3 Å². The van der Waals surface area contributed by atoms with Crippen LogP contribution in [0.1, 0.15) is 86.0 Å². The van der Waals surface area contributed by atoms with Gasteiger partial charge in [-0.2, -0.15) is 0 Å². The van der Waals surface area contributed by atoms with Gasteiger partial charge < -0.3 is 4.90 Å². The Hall–Kier alpha value is -0.790. The van der Waals surface area contributed by atoms with Gasteiger partial charge in [0.25, 0.3) is 0 Å². The van der Waals surface area contributed by atoms with Gasteiger partial charge in [0.15, 0.2) is 0 Å². The van der Waals surface area contributed by atoms with Gasteiger partial charge >= 0.3 is 0 Å². The lowest BCUT2D eigenvalue weighted by atomic mass is 9.68. The van der Waals surface area contributed by atoms with Crippen molar-refractivity contribution >= 4 is 5.91 Å². The van der Waals surface area contributed by atoms with Gasteiger partial charge in [-0.1, -0.05) is 37.8 Å². The molecule has 2 aliphatic rings. The monoisotopic (exact) mass is 305 g/mol. The highest BCUT2D eigenvalue weighted by Gasteiger charge is 2.55. The van der Waals surface area contributed by atoms with Crippen molar-refractivity contribution in [3.05, 3.63) is 11.6 Å². The molecule has 1 saturated heterocycles. The Morgan fingerprint density at radius 2 is 1.91 bits per heavy atom. The summed E-state index contributed by atoms with van der Waals surface area (Å²) in [4.78, 5) is 14.9. The molecule has 1 unspecified atom stereocenters. The SMILES string of the molecule is CC(C)=CCC[C@@H](C)CC1N(C2CCCCC2)C(=O)C1(C)C. The predicted molar refractivity (Wildman–Crippen MR) is 93.7 cm³/mol. The lowest BCUT2D eigenvalue weighted by Gasteiger charge is -2.57. The third-order valence-corrected chi connectivity index (χ3v) is 5.76. The van der Waals surface area contributed by atoms with Crippen LogP contribution in [0.25, 0.3) is 0 Å². The molecule has 1 aliphatic heterocycles. The van der Waals surface area contributed by atoms with Gasteiger partial charge in [0.05, 0.1) is 5.41 Å². The molecule has 1 saturated carbocycles. The van der Waals surface area contributed by atoms with E-state index in [-0.39, 0.29) is 5.41 Å². The first-order chi connectivity index (χ1) is 10.3. The van der Waals surface area contributed by atoms with Crippen LogP contribution in [0.4, 0.5) is 0 Å². The van der Waals surface area contributed by atoms with Crippen LogP contribution in [0.5, 0.6) is 0 Å². The minimum atomic E-state index is -0.137. The van der Waals surface area contributed by atoms with E-state index in [1.807, 2.05) is 0 Å². The predicted octanol–water partition coefficient (Wildman–Crippen LogP) is 5.33. The van der Waals surface area contributed by atoms with Crippen molar-refractivity contribution in [1.82, 2.24) is 4.90 Å². The summed E-state index contributed by atoms with van der Waals surface area (Å²) in [6, 6.07) is 0.995. The number of carbonyl (C=O) groups is 1. The molecular formula is C20H35NO. The van der Waals surface area contributed by atoms with E-state index < -0.39 is 0 Å². The summed E-state index contributed by atoms with van der Waals surface area (Å²) >= 11 is 0. The first kappa shape index (κ1) is 17.6. The fourth-order valence-corrected chi connectivity index (χ4v) is 4.24. The second-order valence-corrected chi connectivity index (χ2v) is 8.44. The van der Waals surface area contributed by atoms with E-state index in [0.29, 0.717) is 23.9 Å². The maximum Gasteiger partial charge on any atom is 0.230 e. The summed E-state index contributed by atoms with van der Waals surface area (Å²) < 4.78 is 0. The fourth-order valence-electron chi connectivity index (χ4n) is 4.24. The molecule has 0 bridgehead atoms. The Morgan fingerprint density at radius 3 is 2.50 bits per heavy atom. The minimum Gasteiger partial charge on any atom is -0.335 e. The van der Waals surface area contributed by atoms with E-state index in [1.54, 1.807) is 0 Å². The van der Waals surface area contributed by atoms with Gasteiger partial charge in [0.1, 0.15) is 0 Å². The van der Waals surface area contributed by atoms with Gasteiger partial charge in [-0.3, -0.25) is 4.79 Å². The minimum absolute atomic E-state index is 0.137. The van der Waals surface area contributed by atoms with Gasteiger partial charge in [0.2, 0.25) is 5.91 Å². The number of amides is 1. The van der Waals surface area contributed by atoms with Crippen LogP contribution in [-0.2, 0) is 4.79 Å². The molecule has 0 spiro atoms. The Morgan fingerprint density at radius 1 is 1.27 bits per heavy atom. The van der Waals surface area contributed by atoms with Crippen LogP contribution < -0.4 is 0 Å².